The number of fused-ring (bicyclic) bond motifs is 1. The summed E-state index contributed by atoms with van der Waals surface area (Å²) < 4.78 is 29.6. The molecule has 3 atom stereocenters. The number of rotatable bonds is 4. The molecule has 6 nitrogen and oxygen atoms in total. The fraction of sp³-hybridized carbons (Fsp3) is 0.529. The molecule has 25 heavy (non-hydrogen) atoms. The zero-order chi connectivity index (χ0) is 18.2. The number of sulfone groups is 1. The van der Waals surface area contributed by atoms with Crippen LogP contribution < -0.4 is 9.64 Å². The molecule has 2 aliphatic heterocycles. The molecule has 1 aromatic rings. The second kappa shape index (κ2) is 6.99. The van der Waals surface area contributed by atoms with Crippen molar-refractivity contribution in [2.45, 2.75) is 31.6 Å². The van der Waals surface area contributed by atoms with E-state index in [2.05, 4.69) is 4.99 Å². The Balaban J connectivity index is 2.04. The van der Waals surface area contributed by atoms with Crippen molar-refractivity contribution in [1.29, 1.82) is 0 Å². The van der Waals surface area contributed by atoms with Crippen molar-refractivity contribution in [3.63, 3.8) is 0 Å². The van der Waals surface area contributed by atoms with Crippen LogP contribution >= 0.6 is 11.8 Å². The average molecular weight is 383 g/mol. The Morgan fingerprint density at radius 2 is 2.12 bits per heavy atom. The van der Waals surface area contributed by atoms with Crippen LogP contribution in [0.5, 0.6) is 5.75 Å². The summed E-state index contributed by atoms with van der Waals surface area (Å²) in [5, 5.41) is 0.457. The van der Waals surface area contributed by atoms with Gasteiger partial charge in [0, 0.05) is 11.2 Å². The number of anilines is 1. The largest absolute Gasteiger partial charge is 0.495 e. The number of para-hydroxylation sites is 2. The van der Waals surface area contributed by atoms with Crippen molar-refractivity contribution >= 4 is 38.4 Å². The highest BCUT2D eigenvalue weighted by Gasteiger charge is 2.50. The maximum atomic E-state index is 12.3. The third-order valence-corrected chi connectivity index (χ3v) is 7.86. The molecular formula is C17H22N2O4S2. The molecule has 3 rings (SSSR count). The van der Waals surface area contributed by atoms with Gasteiger partial charge in [0.25, 0.3) is 5.91 Å². The number of carbonyl (C=O) groups is 1. The summed E-state index contributed by atoms with van der Waals surface area (Å²) in [5.41, 5.74) is 0.748. The summed E-state index contributed by atoms with van der Waals surface area (Å²) in [7, 11) is -1.51. The van der Waals surface area contributed by atoms with E-state index < -0.39 is 9.84 Å². The number of aliphatic imine (C=N–C) groups is 1. The summed E-state index contributed by atoms with van der Waals surface area (Å²) >= 11 is 1.38. The first-order valence-electron chi connectivity index (χ1n) is 8.28. The molecule has 0 saturated carbocycles. The van der Waals surface area contributed by atoms with Crippen LogP contribution in [0.25, 0.3) is 0 Å². The summed E-state index contributed by atoms with van der Waals surface area (Å²) in [6.45, 7) is 3.80. The fourth-order valence-corrected chi connectivity index (χ4v) is 6.97. The molecule has 0 radical (unpaired) electrons. The van der Waals surface area contributed by atoms with Gasteiger partial charge < -0.3 is 9.64 Å². The van der Waals surface area contributed by atoms with E-state index in [4.69, 9.17) is 4.74 Å². The molecule has 0 unspecified atom stereocenters. The summed E-state index contributed by atoms with van der Waals surface area (Å²) in [6, 6.07) is 7.19. The van der Waals surface area contributed by atoms with Gasteiger partial charge in [0.05, 0.1) is 30.3 Å². The molecule has 0 N–H and O–H groups in total. The average Bonchev–Trinajstić information content (AvgIpc) is 3.04. The second-order valence-corrected chi connectivity index (χ2v) is 9.74. The van der Waals surface area contributed by atoms with E-state index in [9.17, 15) is 13.2 Å². The lowest BCUT2D eigenvalue weighted by Gasteiger charge is -2.26. The van der Waals surface area contributed by atoms with Crippen LogP contribution in [0, 0.1) is 5.92 Å². The third-order valence-electron chi connectivity index (χ3n) is 4.65. The molecule has 1 amide bonds. The Bertz CT molecular complexity index is 807. The lowest BCUT2D eigenvalue weighted by molar-refractivity contribution is -0.121. The van der Waals surface area contributed by atoms with Crippen LogP contribution in [-0.4, -0.2) is 49.4 Å². The number of thioether (sulfide) groups is 1. The first-order chi connectivity index (χ1) is 11.9. The van der Waals surface area contributed by atoms with E-state index in [0.717, 1.165) is 12.1 Å². The second-order valence-electron chi connectivity index (χ2n) is 6.38. The number of hydrogen-bond donors (Lipinski definition) is 0. The normalized spacial score (nSPS) is 27.3. The van der Waals surface area contributed by atoms with Gasteiger partial charge in [-0.2, -0.15) is 4.99 Å². The number of hydrogen-bond acceptors (Lipinski definition) is 5. The number of amides is 1. The predicted molar refractivity (Wildman–Crippen MR) is 101 cm³/mol. The van der Waals surface area contributed by atoms with E-state index in [0.29, 0.717) is 10.9 Å². The monoisotopic (exact) mass is 382 g/mol. The summed E-state index contributed by atoms with van der Waals surface area (Å²) in [5.74, 6) is 0.491. The quantitative estimate of drug-likeness (QED) is 0.796. The Labute approximate surface area is 152 Å². The summed E-state index contributed by atoms with van der Waals surface area (Å²) in [6.07, 6.45) is 0.718. The SMILES string of the molecule is CC[C@H](C)C(=O)N=C1S[C@H]2CS(=O)(=O)C[C@@H]2N1c1ccccc1OC. The highest BCUT2D eigenvalue weighted by atomic mass is 32.2. The Morgan fingerprint density at radius 3 is 2.80 bits per heavy atom. The molecule has 2 saturated heterocycles. The van der Waals surface area contributed by atoms with Gasteiger partial charge in [-0.3, -0.25) is 4.79 Å². The van der Waals surface area contributed by atoms with Gasteiger partial charge in [-0.1, -0.05) is 37.7 Å². The van der Waals surface area contributed by atoms with Crippen LogP contribution in [0.3, 0.4) is 0 Å². The van der Waals surface area contributed by atoms with E-state index >= 15 is 0 Å². The van der Waals surface area contributed by atoms with Crippen molar-refractivity contribution in [3.05, 3.63) is 24.3 Å². The number of benzene rings is 1. The minimum Gasteiger partial charge on any atom is -0.495 e. The molecule has 0 spiro atoms. The zero-order valence-electron chi connectivity index (χ0n) is 14.5. The maximum Gasteiger partial charge on any atom is 0.250 e. The van der Waals surface area contributed by atoms with Crippen LogP contribution in [0.4, 0.5) is 5.69 Å². The predicted octanol–water partition coefficient (Wildman–Crippen LogP) is 2.34. The van der Waals surface area contributed by atoms with Gasteiger partial charge in [-0.15, -0.1) is 0 Å². The number of carbonyl (C=O) groups excluding carboxylic acids is 1. The third kappa shape index (κ3) is 3.55. The molecule has 8 heteroatoms. The molecule has 0 aliphatic carbocycles. The zero-order valence-corrected chi connectivity index (χ0v) is 16.1. The first kappa shape index (κ1) is 18.3. The Morgan fingerprint density at radius 1 is 1.40 bits per heavy atom. The number of ether oxygens (including phenoxy) is 1. The number of nitrogens with zero attached hydrogens (tertiary/aromatic N) is 2. The molecule has 136 valence electrons. The molecule has 0 aromatic heterocycles. The van der Waals surface area contributed by atoms with Crippen molar-refractivity contribution in [3.8, 4) is 5.75 Å². The topological polar surface area (TPSA) is 76.0 Å². The smallest absolute Gasteiger partial charge is 0.250 e. The number of methoxy groups -OCH3 is 1. The minimum atomic E-state index is -3.08. The lowest BCUT2D eigenvalue weighted by Crippen LogP contribution is -2.38. The van der Waals surface area contributed by atoms with Gasteiger partial charge in [0.2, 0.25) is 0 Å². The standard InChI is InChI=1S/C17H22N2O4S2/c1-4-11(2)16(20)18-17-19(12-7-5-6-8-14(12)23-3)13-9-25(21,22)10-15(13)24-17/h5-8,11,13,15H,4,9-10H2,1-3H3/t11-,13-,15-/m0/s1. The molecule has 2 fully saturated rings. The van der Waals surface area contributed by atoms with Crippen molar-refractivity contribution in [2.24, 2.45) is 10.9 Å². The van der Waals surface area contributed by atoms with Crippen molar-refractivity contribution < 1.29 is 17.9 Å². The Hall–Kier alpha value is -1.54. The van der Waals surface area contributed by atoms with Crippen LogP contribution in [0.2, 0.25) is 0 Å². The first-order valence-corrected chi connectivity index (χ1v) is 11.0. The molecule has 1 aromatic carbocycles. The molecule has 0 bridgehead atoms. The van der Waals surface area contributed by atoms with Crippen LogP contribution in [0.15, 0.2) is 29.3 Å². The van der Waals surface area contributed by atoms with Gasteiger partial charge in [0.1, 0.15) is 5.75 Å². The van der Waals surface area contributed by atoms with Crippen LogP contribution in [-0.2, 0) is 14.6 Å². The van der Waals surface area contributed by atoms with Gasteiger partial charge in [-0.05, 0) is 18.6 Å². The highest BCUT2D eigenvalue weighted by Crippen LogP contribution is 2.43. The van der Waals surface area contributed by atoms with Gasteiger partial charge in [0.15, 0.2) is 15.0 Å². The lowest BCUT2D eigenvalue weighted by atomic mass is 10.1. The van der Waals surface area contributed by atoms with E-state index in [-0.39, 0.29) is 34.6 Å². The maximum absolute atomic E-state index is 12.3. The van der Waals surface area contributed by atoms with E-state index in [1.807, 2.05) is 43.0 Å². The fourth-order valence-electron chi connectivity index (χ4n) is 3.05. The van der Waals surface area contributed by atoms with Gasteiger partial charge in [-0.25, -0.2) is 8.42 Å². The van der Waals surface area contributed by atoms with Crippen molar-refractivity contribution in [2.75, 3.05) is 23.5 Å². The van der Waals surface area contributed by atoms with Crippen LogP contribution in [0.1, 0.15) is 20.3 Å². The molecular weight excluding hydrogens is 360 g/mol. The molecule has 2 aliphatic rings. The summed E-state index contributed by atoms with van der Waals surface area (Å²) in [4.78, 5) is 18.5. The number of amidine groups is 1. The molecule has 2 heterocycles. The Kier molecular flexibility index (Phi) is 5.11. The highest BCUT2D eigenvalue weighted by molar-refractivity contribution is 8.16. The van der Waals surface area contributed by atoms with Crippen molar-refractivity contribution in [1.82, 2.24) is 0 Å². The van der Waals surface area contributed by atoms with E-state index in [1.165, 1.54) is 11.8 Å². The minimum absolute atomic E-state index is 0.0687. The van der Waals surface area contributed by atoms with Gasteiger partial charge >= 0.3 is 0 Å². The van der Waals surface area contributed by atoms with E-state index in [1.54, 1.807) is 7.11 Å².